The molecule has 1 aliphatic carbocycles. The molecule has 1 N–H and O–H groups in total. The van der Waals surface area contributed by atoms with E-state index in [9.17, 15) is 4.79 Å². The van der Waals surface area contributed by atoms with Crippen LogP contribution in [-0.2, 0) is 4.74 Å². The zero-order valence-corrected chi connectivity index (χ0v) is 9.95. The molecule has 1 saturated heterocycles. The van der Waals surface area contributed by atoms with E-state index in [4.69, 9.17) is 9.84 Å². The van der Waals surface area contributed by atoms with Crippen molar-refractivity contribution in [3.05, 3.63) is 18.0 Å². The summed E-state index contributed by atoms with van der Waals surface area (Å²) in [6.45, 7) is 1.46. The summed E-state index contributed by atoms with van der Waals surface area (Å²) in [4.78, 5) is 21.2. The Hall–Kier alpha value is -1.69. The van der Waals surface area contributed by atoms with Crippen molar-refractivity contribution in [3.8, 4) is 0 Å². The van der Waals surface area contributed by atoms with Gasteiger partial charge in [-0.05, 0) is 19.3 Å². The number of fused-ring (bicyclic) bond motifs is 1. The number of anilines is 1. The molecule has 1 aromatic heterocycles. The topological polar surface area (TPSA) is 75.5 Å². The molecule has 6 nitrogen and oxygen atoms in total. The number of aromatic nitrogens is 2. The lowest BCUT2D eigenvalue weighted by molar-refractivity contribution is 0.0249. The summed E-state index contributed by atoms with van der Waals surface area (Å²) in [7, 11) is 0. The standard InChI is InChI=1S/C12H15N3O3/c16-11(17)8-6-13-12(14-7-8)15-4-5-18-10-3-1-2-9(10)15/h6-7,9-10H,1-5H2,(H,16,17). The molecule has 1 saturated carbocycles. The van der Waals surface area contributed by atoms with E-state index in [1.54, 1.807) is 0 Å². The molecular weight excluding hydrogens is 234 g/mol. The second-order valence-electron chi connectivity index (χ2n) is 4.68. The summed E-state index contributed by atoms with van der Waals surface area (Å²) in [5.41, 5.74) is 0.120. The molecule has 2 unspecified atom stereocenters. The quantitative estimate of drug-likeness (QED) is 0.840. The fraction of sp³-hybridized carbons (Fsp3) is 0.583. The van der Waals surface area contributed by atoms with Crippen molar-refractivity contribution < 1.29 is 14.6 Å². The number of morpholine rings is 1. The molecule has 0 bridgehead atoms. The highest BCUT2D eigenvalue weighted by Gasteiger charge is 2.37. The van der Waals surface area contributed by atoms with Gasteiger partial charge < -0.3 is 14.7 Å². The third-order valence-electron chi connectivity index (χ3n) is 3.62. The second-order valence-corrected chi connectivity index (χ2v) is 4.68. The van der Waals surface area contributed by atoms with Crippen LogP contribution in [0.5, 0.6) is 0 Å². The van der Waals surface area contributed by atoms with E-state index in [0.717, 1.165) is 19.4 Å². The Balaban J connectivity index is 1.82. The fourth-order valence-corrected chi connectivity index (χ4v) is 2.75. The number of carbonyl (C=O) groups is 1. The number of hydrogen-bond donors (Lipinski definition) is 1. The number of carboxylic acids is 1. The van der Waals surface area contributed by atoms with Crippen LogP contribution in [0.15, 0.2) is 12.4 Å². The van der Waals surface area contributed by atoms with E-state index in [2.05, 4.69) is 14.9 Å². The van der Waals surface area contributed by atoms with Crippen LogP contribution in [0.3, 0.4) is 0 Å². The van der Waals surface area contributed by atoms with E-state index >= 15 is 0 Å². The summed E-state index contributed by atoms with van der Waals surface area (Å²) in [6, 6.07) is 0.342. The molecule has 2 heterocycles. The fourth-order valence-electron chi connectivity index (χ4n) is 2.75. The van der Waals surface area contributed by atoms with Gasteiger partial charge >= 0.3 is 5.97 Å². The maximum atomic E-state index is 10.8. The number of carboxylic acid groups (broad SMARTS) is 1. The van der Waals surface area contributed by atoms with E-state index in [1.807, 2.05) is 0 Å². The highest BCUT2D eigenvalue weighted by molar-refractivity contribution is 5.86. The normalized spacial score (nSPS) is 27.0. The number of nitrogens with zero attached hydrogens (tertiary/aromatic N) is 3. The molecule has 1 aromatic rings. The SMILES string of the molecule is O=C(O)c1cnc(N2CCOC3CCCC32)nc1. The van der Waals surface area contributed by atoms with Crippen molar-refractivity contribution in [1.29, 1.82) is 0 Å². The Morgan fingerprint density at radius 2 is 2.17 bits per heavy atom. The van der Waals surface area contributed by atoms with Crippen LogP contribution in [0.4, 0.5) is 5.95 Å². The molecule has 0 spiro atoms. The van der Waals surface area contributed by atoms with Gasteiger partial charge in [-0.2, -0.15) is 0 Å². The van der Waals surface area contributed by atoms with Crippen LogP contribution in [0, 0.1) is 0 Å². The molecule has 3 rings (SSSR count). The summed E-state index contributed by atoms with van der Waals surface area (Å²) in [5.74, 6) is -0.387. The molecule has 1 aliphatic heterocycles. The highest BCUT2D eigenvalue weighted by atomic mass is 16.5. The van der Waals surface area contributed by atoms with Gasteiger partial charge in [-0.1, -0.05) is 0 Å². The monoisotopic (exact) mass is 249 g/mol. The average molecular weight is 249 g/mol. The first kappa shape index (κ1) is 11.4. The van der Waals surface area contributed by atoms with Gasteiger partial charge in [-0.25, -0.2) is 14.8 Å². The van der Waals surface area contributed by atoms with Gasteiger partial charge in [-0.15, -0.1) is 0 Å². The average Bonchev–Trinajstić information content (AvgIpc) is 2.87. The van der Waals surface area contributed by atoms with Gasteiger partial charge in [0.05, 0.1) is 24.3 Å². The van der Waals surface area contributed by atoms with Gasteiger partial charge in [0, 0.05) is 18.9 Å². The van der Waals surface area contributed by atoms with Crippen LogP contribution in [0.1, 0.15) is 29.6 Å². The molecule has 18 heavy (non-hydrogen) atoms. The first-order valence-corrected chi connectivity index (χ1v) is 6.19. The maximum Gasteiger partial charge on any atom is 0.338 e. The van der Waals surface area contributed by atoms with Crippen LogP contribution in [-0.4, -0.2) is 46.3 Å². The van der Waals surface area contributed by atoms with E-state index in [0.29, 0.717) is 18.6 Å². The van der Waals surface area contributed by atoms with Gasteiger partial charge in [0.15, 0.2) is 0 Å². The molecular formula is C12H15N3O3. The Bertz CT molecular complexity index is 448. The smallest absolute Gasteiger partial charge is 0.338 e. The third-order valence-corrected chi connectivity index (χ3v) is 3.62. The summed E-state index contributed by atoms with van der Waals surface area (Å²) in [5, 5.41) is 8.82. The zero-order chi connectivity index (χ0) is 12.5. The first-order valence-electron chi connectivity index (χ1n) is 6.19. The largest absolute Gasteiger partial charge is 0.478 e. The van der Waals surface area contributed by atoms with Crippen molar-refractivity contribution in [3.63, 3.8) is 0 Å². The molecule has 2 atom stereocenters. The summed E-state index contributed by atoms with van der Waals surface area (Å²) in [6.07, 6.45) is 6.36. The summed E-state index contributed by atoms with van der Waals surface area (Å²) < 4.78 is 5.72. The number of rotatable bonds is 2. The summed E-state index contributed by atoms with van der Waals surface area (Å²) >= 11 is 0. The Labute approximate surface area is 105 Å². The number of aromatic carboxylic acids is 1. The van der Waals surface area contributed by atoms with Gasteiger partial charge in [-0.3, -0.25) is 0 Å². The van der Waals surface area contributed by atoms with Gasteiger partial charge in [0.25, 0.3) is 0 Å². The minimum atomic E-state index is -0.998. The lowest BCUT2D eigenvalue weighted by atomic mass is 10.1. The predicted octanol–water partition coefficient (Wildman–Crippen LogP) is 0.932. The number of ether oxygens (including phenoxy) is 1. The lowest BCUT2D eigenvalue weighted by Crippen LogP contribution is -2.49. The molecule has 2 fully saturated rings. The molecule has 6 heteroatoms. The minimum Gasteiger partial charge on any atom is -0.478 e. The molecule has 96 valence electrons. The maximum absolute atomic E-state index is 10.8. The van der Waals surface area contributed by atoms with Crippen molar-refractivity contribution in [1.82, 2.24) is 9.97 Å². The van der Waals surface area contributed by atoms with Crippen LogP contribution in [0.2, 0.25) is 0 Å². The van der Waals surface area contributed by atoms with Gasteiger partial charge in [0.1, 0.15) is 0 Å². The van der Waals surface area contributed by atoms with Crippen molar-refractivity contribution in [2.24, 2.45) is 0 Å². The van der Waals surface area contributed by atoms with Crippen molar-refractivity contribution in [2.75, 3.05) is 18.1 Å². The lowest BCUT2D eigenvalue weighted by Gasteiger charge is -2.37. The molecule has 0 aromatic carbocycles. The second kappa shape index (κ2) is 4.53. The van der Waals surface area contributed by atoms with Crippen LogP contribution >= 0.6 is 0 Å². The molecule has 0 radical (unpaired) electrons. The third kappa shape index (κ3) is 1.92. The van der Waals surface area contributed by atoms with E-state index < -0.39 is 5.97 Å². The van der Waals surface area contributed by atoms with E-state index in [-0.39, 0.29) is 11.7 Å². The van der Waals surface area contributed by atoms with E-state index in [1.165, 1.54) is 18.8 Å². The zero-order valence-electron chi connectivity index (χ0n) is 9.95. The molecule has 0 amide bonds. The van der Waals surface area contributed by atoms with Crippen molar-refractivity contribution >= 4 is 11.9 Å². The first-order chi connectivity index (χ1) is 8.75. The Kier molecular flexibility index (Phi) is 2.87. The Morgan fingerprint density at radius 1 is 1.39 bits per heavy atom. The Morgan fingerprint density at radius 3 is 2.89 bits per heavy atom. The van der Waals surface area contributed by atoms with Crippen LogP contribution < -0.4 is 4.90 Å². The van der Waals surface area contributed by atoms with Gasteiger partial charge in [0.2, 0.25) is 5.95 Å². The van der Waals surface area contributed by atoms with Crippen LogP contribution in [0.25, 0.3) is 0 Å². The predicted molar refractivity (Wildman–Crippen MR) is 63.7 cm³/mol. The highest BCUT2D eigenvalue weighted by Crippen LogP contribution is 2.31. The number of hydrogen-bond acceptors (Lipinski definition) is 5. The van der Waals surface area contributed by atoms with Crippen molar-refractivity contribution in [2.45, 2.75) is 31.4 Å². The molecule has 2 aliphatic rings. The minimum absolute atomic E-state index is 0.120.